The summed E-state index contributed by atoms with van der Waals surface area (Å²) in [5.41, 5.74) is 0.886. The highest BCUT2D eigenvalue weighted by Crippen LogP contribution is 2.22. The SMILES string of the molecule is CCc1nc(COC(=O)c2cccc(S(=O)(=O)N3CC(C)OC(C)C3)c2)cs1. The van der Waals surface area contributed by atoms with Crippen LogP contribution in [0.2, 0.25) is 0 Å². The number of aryl methyl sites for hydroxylation is 1. The summed E-state index contributed by atoms with van der Waals surface area (Å²) in [5.74, 6) is -0.577. The van der Waals surface area contributed by atoms with Gasteiger partial charge in [-0.1, -0.05) is 13.0 Å². The molecule has 0 radical (unpaired) electrons. The maximum Gasteiger partial charge on any atom is 0.338 e. The van der Waals surface area contributed by atoms with E-state index in [0.717, 1.165) is 11.4 Å². The van der Waals surface area contributed by atoms with E-state index in [1.165, 1.54) is 27.8 Å². The van der Waals surface area contributed by atoms with Gasteiger partial charge in [0.15, 0.2) is 0 Å². The number of rotatable bonds is 6. The second-order valence-electron chi connectivity index (χ2n) is 6.77. The first-order valence-corrected chi connectivity index (χ1v) is 11.5. The molecule has 0 amide bonds. The minimum atomic E-state index is -3.72. The van der Waals surface area contributed by atoms with E-state index in [1.807, 2.05) is 26.2 Å². The first-order chi connectivity index (χ1) is 13.3. The van der Waals surface area contributed by atoms with E-state index in [-0.39, 0.29) is 42.4 Å². The van der Waals surface area contributed by atoms with Crippen LogP contribution < -0.4 is 0 Å². The van der Waals surface area contributed by atoms with Gasteiger partial charge in [0.2, 0.25) is 10.0 Å². The van der Waals surface area contributed by atoms with Crippen molar-refractivity contribution in [2.24, 2.45) is 0 Å². The standard InChI is InChI=1S/C19H24N2O5S2/c1-4-18-20-16(12-27-18)11-25-19(22)15-6-5-7-17(8-15)28(23,24)21-9-13(2)26-14(3)10-21/h5-8,12-14H,4,9-11H2,1-3H3. The zero-order valence-electron chi connectivity index (χ0n) is 16.1. The van der Waals surface area contributed by atoms with E-state index in [4.69, 9.17) is 9.47 Å². The molecule has 3 rings (SSSR count). The van der Waals surface area contributed by atoms with E-state index in [1.54, 1.807) is 12.1 Å². The van der Waals surface area contributed by atoms with Gasteiger partial charge in [-0.25, -0.2) is 18.2 Å². The third kappa shape index (κ3) is 4.78. The predicted molar refractivity (Wildman–Crippen MR) is 106 cm³/mol. The first kappa shape index (κ1) is 20.9. The van der Waals surface area contributed by atoms with Gasteiger partial charge in [-0.05, 0) is 38.5 Å². The van der Waals surface area contributed by atoms with Crippen LogP contribution in [0, 0.1) is 0 Å². The minimum Gasteiger partial charge on any atom is -0.456 e. The summed E-state index contributed by atoms with van der Waals surface area (Å²) in [6.07, 6.45) is 0.465. The zero-order chi connectivity index (χ0) is 20.3. The number of hydrogen-bond donors (Lipinski definition) is 0. The highest BCUT2D eigenvalue weighted by atomic mass is 32.2. The zero-order valence-corrected chi connectivity index (χ0v) is 17.8. The van der Waals surface area contributed by atoms with Crippen LogP contribution in [0.5, 0.6) is 0 Å². The largest absolute Gasteiger partial charge is 0.456 e. The topological polar surface area (TPSA) is 85.8 Å². The van der Waals surface area contributed by atoms with Crippen LogP contribution in [0.3, 0.4) is 0 Å². The molecule has 7 nitrogen and oxygen atoms in total. The number of carbonyl (C=O) groups excluding carboxylic acids is 1. The van der Waals surface area contributed by atoms with Crippen LogP contribution in [-0.2, 0) is 32.5 Å². The van der Waals surface area contributed by atoms with Gasteiger partial charge in [0.1, 0.15) is 6.61 Å². The molecule has 2 unspecified atom stereocenters. The normalized spacial score (nSPS) is 20.8. The molecule has 1 aromatic carbocycles. The van der Waals surface area contributed by atoms with Crippen LogP contribution in [0.25, 0.3) is 0 Å². The Kier molecular flexibility index (Phi) is 6.49. The fourth-order valence-electron chi connectivity index (χ4n) is 3.06. The fourth-order valence-corrected chi connectivity index (χ4v) is 5.43. The van der Waals surface area contributed by atoms with Gasteiger partial charge >= 0.3 is 5.97 Å². The summed E-state index contributed by atoms with van der Waals surface area (Å²) in [7, 11) is -3.72. The van der Waals surface area contributed by atoms with Crippen molar-refractivity contribution in [1.29, 1.82) is 0 Å². The van der Waals surface area contributed by atoms with Gasteiger partial charge in [-0.2, -0.15) is 4.31 Å². The van der Waals surface area contributed by atoms with E-state index >= 15 is 0 Å². The van der Waals surface area contributed by atoms with Gasteiger partial charge in [0, 0.05) is 18.5 Å². The monoisotopic (exact) mass is 424 g/mol. The van der Waals surface area contributed by atoms with E-state index in [0.29, 0.717) is 5.69 Å². The quantitative estimate of drug-likeness (QED) is 0.663. The van der Waals surface area contributed by atoms with Crippen molar-refractivity contribution in [2.75, 3.05) is 13.1 Å². The summed E-state index contributed by atoms with van der Waals surface area (Å²) in [6.45, 7) is 6.32. The molecule has 1 aromatic heterocycles. The summed E-state index contributed by atoms with van der Waals surface area (Å²) >= 11 is 1.52. The summed E-state index contributed by atoms with van der Waals surface area (Å²) in [5, 5.41) is 2.83. The molecule has 28 heavy (non-hydrogen) atoms. The third-order valence-corrected chi connectivity index (χ3v) is 7.22. The molecule has 0 N–H and O–H groups in total. The number of nitrogens with zero attached hydrogens (tertiary/aromatic N) is 2. The van der Waals surface area contributed by atoms with Gasteiger partial charge in [0.25, 0.3) is 0 Å². The van der Waals surface area contributed by atoms with Crippen molar-refractivity contribution >= 4 is 27.3 Å². The molecular formula is C19H24N2O5S2. The number of benzene rings is 1. The molecule has 1 fully saturated rings. The van der Waals surface area contributed by atoms with Gasteiger partial charge in [0.05, 0.1) is 33.4 Å². The molecule has 1 aliphatic rings. The third-order valence-electron chi connectivity index (χ3n) is 4.35. The lowest BCUT2D eigenvalue weighted by atomic mass is 10.2. The van der Waals surface area contributed by atoms with Crippen molar-refractivity contribution in [3.05, 3.63) is 45.9 Å². The second-order valence-corrected chi connectivity index (χ2v) is 9.65. The molecule has 0 bridgehead atoms. The van der Waals surface area contributed by atoms with Crippen molar-refractivity contribution in [3.8, 4) is 0 Å². The molecule has 152 valence electrons. The number of carbonyl (C=O) groups is 1. The van der Waals surface area contributed by atoms with Crippen molar-refractivity contribution in [2.45, 2.75) is 50.9 Å². The summed E-state index contributed by atoms with van der Waals surface area (Å²) in [6, 6.07) is 5.95. The highest BCUT2D eigenvalue weighted by molar-refractivity contribution is 7.89. The number of thiazole rings is 1. The van der Waals surface area contributed by atoms with Crippen molar-refractivity contribution in [1.82, 2.24) is 9.29 Å². The number of hydrogen-bond acceptors (Lipinski definition) is 7. The average Bonchev–Trinajstić information content (AvgIpc) is 3.13. The van der Waals surface area contributed by atoms with Crippen molar-refractivity contribution in [3.63, 3.8) is 0 Å². The summed E-state index contributed by atoms with van der Waals surface area (Å²) in [4.78, 5) is 16.8. The number of aromatic nitrogens is 1. The lowest BCUT2D eigenvalue weighted by Gasteiger charge is -2.34. The number of esters is 1. The van der Waals surface area contributed by atoms with Crippen LogP contribution in [0.15, 0.2) is 34.5 Å². The molecule has 2 heterocycles. The lowest BCUT2D eigenvalue weighted by Crippen LogP contribution is -2.48. The Morgan fingerprint density at radius 1 is 1.32 bits per heavy atom. The van der Waals surface area contributed by atoms with Crippen LogP contribution >= 0.6 is 11.3 Å². The maximum atomic E-state index is 13.0. The highest BCUT2D eigenvalue weighted by Gasteiger charge is 2.32. The molecule has 0 saturated carbocycles. The molecule has 0 aliphatic carbocycles. The smallest absolute Gasteiger partial charge is 0.338 e. The predicted octanol–water partition coefficient (Wildman–Crippen LogP) is 2.86. The molecule has 0 spiro atoms. The van der Waals surface area contributed by atoms with Gasteiger partial charge < -0.3 is 9.47 Å². The number of morpholine rings is 1. The summed E-state index contributed by atoms with van der Waals surface area (Å²) < 4.78 is 38.3. The number of ether oxygens (including phenoxy) is 2. The molecule has 9 heteroatoms. The Morgan fingerprint density at radius 3 is 2.68 bits per heavy atom. The van der Waals surface area contributed by atoms with E-state index < -0.39 is 16.0 Å². The molecule has 2 atom stereocenters. The Hall–Kier alpha value is -1.81. The minimum absolute atomic E-state index is 0.0603. The molecule has 1 saturated heterocycles. The van der Waals surface area contributed by atoms with E-state index in [2.05, 4.69) is 4.98 Å². The van der Waals surface area contributed by atoms with Crippen LogP contribution in [0.1, 0.15) is 41.8 Å². The van der Waals surface area contributed by atoms with Gasteiger partial charge in [-0.3, -0.25) is 0 Å². The van der Waals surface area contributed by atoms with Crippen LogP contribution in [-0.4, -0.2) is 49.0 Å². The Balaban J connectivity index is 1.72. The molecular weight excluding hydrogens is 400 g/mol. The van der Waals surface area contributed by atoms with Crippen molar-refractivity contribution < 1.29 is 22.7 Å². The Labute approximate surface area is 169 Å². The lowest BCUT2D eigenvalue weighted by molar-refractivity contribution is -0.0440. The second kappa shape index (κ2) is 8.69. The maximum absolute atomic E-state index is 13.0. The molecule has 2 aromatic rings. The van der Waals surface area contributed by atoms with E-state index in [9.17, 15) is 13.2 Å². The van der Waals surface area contributed by atoms with Crippen LogP contribution in [0.4, 0.5) is 0 Å². The van der Waals surface area contributed by atoms with Gasteiger partial charge in [-0.15, -0.1) is 11.3 Å². The average molecular weight is 425 g/mol. The molecule has 1 aliphatic heterocycles. The number of sulfonamides is 1. The Bertz CT molecular complexity index is 931. The first-order valence-electron chi connectivity index (χ1n) is 9.15. The fraction of sp³-hybridized carbons (Fsp3) is 0.474. The Morgan fingerprint density at radius 2 is 2.04 bits per heavy atom.